The Morgan fingerprint density at radius 3 is 0.660 bits per heavy atom. The molecule has 5 atom stereocenters. The molecule has 0 saturated carbocycles. The number of aliphatic hydroxyl groups excluding tert-OH is 1. The predicted octanol–water partition coefficient (Wildman–Crippen LogP) is 25.3. The van der Waals surface area contributed by atoms with Crippen molar-refractivity contribution in [2.45, 2.75) is 458 Å². The molecule has 0 aromatic rings. The standard InChI is InChI=1S/C84H164O17P2/c1-8-9-10-11-12-13-27-37-44-51-58-65-81(86)94-71-80(101-84(89)68-61-54-47-40-33-32-36-43-50-57-64-77(6)7)74-99-103(92,93)97-70-78(85)69-96-102(90,91)98-73-79(72-95-82(87)66-59-52-45-38-30-25-22-18-20-24-29-35-42-49-56-63-76(4)5)100-83(88)67-60-53-46-39-31-26-21-17-15-14-16-19-23-28-34-41-48-55-62-75(2)3/h75-80,85H,8-74H2,1-7H3,(H,90,91)(H,92,93)/t78-,79-,80-/m1/s1. The molecule has 0 amide bonds. The van der Waals surface area contributed by atoms with Gasteiger partial charge in [-0.15, -0.1) is 0 Å². The molecule has 0 aliphatic rings. The molecule has 0 bridgehead atoms. The second-order valence-corrected chi connectivity index (χ2v) is 34.6. The Hall–Kier alpha value is -1.94. The van der Waals surface area contributed by atoms with Gasteiger partial charge < -0.3 is 33.8 Å². The van der Waals surface area contributed by atoms with Gasteiger partial charge in [0, 0.05) is 25.7 Å². The van der Waals surface area contributed by atoms with E-state index in [0.717, 1.165) is 108 Å². The fourth-order valence-electron chi connectivity index (χ4n) is 13.0. The van der Waals surface area contributed by atoms with Gasteiger partial charge in [0.05, 0.1) is 26.4 Å². The van der Waals surface area contributed by atoms with Gasteiger partial charge in [0.1, 0.15) is 19.3 Å². The summed E-state index contributed by atoms with van der Waals surface area (Å²) < 4.78 is 68.8. The van der Waals surface area contributed by atoms with Gasteiger partial charge >= 0.3 is 39.5 Å². The van der Waals surface area contributed by atoms with Crippen LogP contribution in [0.2, 0.25) is 0 Å². The quantitative estimate of drug-likeness (QED) is 0.0222. The third-order valence-corrected chi connectivity index (χ3v) is 21.5. The molecule has 0 aromatic carbocycles. The maximum Gasteiger partial charge on any atom is 0.472 e. The van der Waals surface area contributed by atoms with Crippen molar-refractivity contribution in [2.75, 3.05) is 39.6 Å². The first-order chi connectivity index (χ1) is 49.7. The normalized spacial score (nSPS) is 13.9. The highest BCUT2D eigenvalue weighted by Crippen LogP contribution is 2.45. The molecule has 0 aliphatic carbocycles. The van der Waals surface area contributed by atoms with Gasteiger partial charge in [-0.1, -0.05) is 389 Å². The van der Waals surface area contributed by atoms with Crippen molar-refractivity contribution in [1.82, 2.24) is 0 Å². The van der Waals surface area contributed by atoms with Gasteiger partial charge in [0.25, 0.3) is 0 Å². The monoisotopic (exact) mass is 1510 g/mol. The van der Waals surface area contributed by atoms with Crippen LogP contribution in [0.15, 0.2) is 0 Å². The van der Waals surface area contributed by atoms with E-state index >= 15 is 0 Å². The Morgan fingerprint density at radius 1 is 0.262 bits per heavy atom. The lowest BCUT2D eigenvalue weighted by Crippen LogP contribution is -2.30. The minimum Gasteiger partial charge on any atom is -0.462 e. The minimum atomic E-state index is -4.96. The van der Waals surface area contributed by atoms with E-state index in [9.17, 15) is 43.2 Å². The summed E-state index contributed by atoms with van der Waals surface area (Å²) in [5.41, 5.74) is 0. The van der Waals surface area contributed by atoms with Crippen LogP contribution in [0, 0.1) is 17.8 Å². The summed E-state index contributed by atoms with van der Waals surface area (Å²) in [5.74, 6) is 0.272. The molecular weight excluding hydrogens is 1340 g/mol. The highest BCUT2D eigenvalue weighted by Gasteiger charge is 2.30. The molecule has 19 heteroatoms. The van der Waals surface area contributed by atoms with E-state index in [2.05, 4.69) is 48.5 Å². The van der Waals surface area contributed by atoms with Crippen molar-refractivity contribution < 1.29 is 80.2 Å². The van der Waals surface area contributed by atoms with E-state index in [0.29, 0.717) is 25.7 Å². The molecule has 0 aromatic heterocycles. The van der Waals surface area contributed by atoms with Gasteiger partial charge in [-0.25, -0.2) is 9.13 Å². The number of carbonyl (C=O) groups is 4. The molecule has 0 radical (unpaired) electrons. The Morgan fingerprint density at radius 2 is 0.447 bits per heavy atom. The summed E-state index contributed by atoms with van der Waals surface area (Å²) in [7, 11) is -9.92. The molecule has 0 fully saturated rings. The Kier molecular flexibility index (Phi) is 72.8. The Bertz CT molecular complexity index is 1990. The van der Waals surface area contributed by atoms with Crippen LogP contribution in [-0.4, -0.2) is 96.7 Å². The lowest BCUT2D eigenvalue weighted by atomic mass is 10.0. The maximum atomic E-state index is 13.1. The number of carbonyl (C=O) groups excluding carboxylic acids is 4. The molecule has 0 spiro atoms. The second kappa shape index (κ2) is 74.2. The smallest absolute Gasteiger partial charge is 0.462 e. The van der Waals surface area contributed by atoms with Crippen molar-refractivity contribution in [3.05, 3.63) is 0 Å². The number of hydrogen-bond acceptors (Lipinski definition) is 15. The molecule has 0 aliphatic heterocycles. The molecule has 3 N–H and O–H groups in total. The van der Waals surface area contributed by atoms with Crippen LogP contribution in [0.1, 0.15) is 440 Å². The molecule has 612 valence electrons. The topological polar surface area (TPSA) is 237 Å². The van der Waals surface area contributed by atoms with Crippen molar-refractivity contribution in [2.24, 2.45) is 17.8 Å². The van der Waals surface area contributed by atoms with Crippen LogP contribution in [-0.2, 0) is 65.4 Å². The van der Waals surface area contributed by atoms with Crippen LogP contribution in [0.5, 0.6) is 0 Å². The van der Waals surface area contributed by atoms with Crippen molar-refractivity contribution in [3.8, 4) is 0 Å². The van der Waals surface area contributed by atoms with Crippen LogP contribution >= 0.6 is 15.6 Å². The van der Waals surface area contributed by atoms with E-state index in [1.165, 1.54) is 250 Å². The fraction of sp³-hybridized carbons (Fsp3) is 0.952. The van der Waals surface area contributed by atoms with Gasteiger partial charge in [0.2, 0.25) is 0 Å². The maximum absolute atomic E-state index is 13.1. The van der Waals surface area contributed by atoms with Crippen LogP contribution in [0.3, 0.4) is 0 Å². The number of aliphatic hydroxyl groups is 1. The fourth-order valence-corrected chi connectivity index (χ4v) is 14.6. The molecular formula is C84H164O17P2. The summed E-state index contributed by atoms with van der Waals surface area (Å²) in [6, 6.07) is 0. The lowest BCUT2D eigenvalue weighted by Gasteiger charge is -2.21. The zero-order chi connectivity index (χ0) is 75.8. The predicted molar refractivity (Wildman–Crippen MR) is 423 cm³/mol. The summed E-state index contributed by atoms with van der Waals surface area (Å²) >= 11 is 0. The molecule has 103 heavy (non-hydrogen) atoms. The molecule has 17 nitrogen and oxygen atoms in total. The van der Waals surface area contributed by atoms with Crippen LogP contribution in [0.25, 0.3) is 0 Å². The van der Waals surface area contributed by atoms with E-state index in [-0.39, 0.29) is 25.7 Å². The third-order valence-electron chi connectivity index (χ3n) is 19.6. The average molecular weight is 1510 g/mol. The zero-order valence-electron chi connectivity index (χ0n) is 67.8. The first-order valence-corrected chi connectivity index (χ1v) is 46.3. The summed E-state index contributed by atoms with van der Waals surface area (Å²) in [6.45, 7) is 12.0. The Labute approximate surface area is 632 Å². The third kappa shape index (κ3) is 78.0. The van der Waals surface area contributed by atoms with Crippen LogP contribution < -0.4 is 0 Å². The van der Waals surface area contributed by atoms with Crippen molar-refractivity contribution in [3.63, 3.8) is 0 Å². The number of esters is 4. The molecule has 0 heterocycles. The summed E-state index contributed by atoms with van der Waals surface area (Å²) in [4.78, 5) is 73.1. The van der Waals surface area contributed by atoms with E-state index in [4.69, 9.17) is 37.0 Å². The number of hydrogen-bond donors (Lipinski definition) is 3. The Balaban J connectivity index is 5.23. The van der Waals surface area contributed by atoms with E-state index < -0.39 is 97.5 Å². The van der Waals surface area contributed by atoms with Crippen molar-refractivity contribution >= 4 is 39.5 Å². The van der Waals surface area contributed by atoms with E-state index in [1.807, 2.05) is 0 Å². The molecule has 0 rings (SSSR count). The largest absolute Gasteiger partial charge is 0.472 e. The number of phosphoric ester groups is 2. The molecule has 0 saturated heterocycles. The van der Waals surface area contributed by atoms with Gasteiger partial charge in [-0.05, 0) is 43.4 Å². The minimum absolute atomic E-state index is 0.106. The second-order valence-electron chi connectivity index (χ2n) is 31.6. The number of ether oxygens (including phenoxy) is 4. The first kappa shape index (κ1) is 101. The van der Waals surface area contributed by atoms with E-state index in [1.54, 1.807) is 0 Å². The van der Waals surface area contributed by atoms with Gasteiger partial charge in [0.15, 0.2) is 12.2 Å². The zero-order valence-corrected chi connectivity index (χ0v) is 69.6. The number of rotatable bonds is 82. The highest BCUT2D eigenvalue weighted by atomic mass is 31.2. The lowest BCUT2D eigenvalue weighted by molar-refractivity contribution is -0.161. The molecule has 2 unspecified atom stereocenters. The number of phosphoric acid groups is 2. The SMILES string of the molecule is CCCCCCCCCCCCCC(=O)OC[C@H](COP(=O)(O)OC[C@H](O)COP(=O)(O)OC[C@@H](COC(=O)CCCCCCCCCCCCCCCCCC(C)C)OC(=O)CCCCCCCCCCCCCCCCCCCCC(C)C)OC(=O)CCCCCCCCCCCCC(C)C. The first-order valence-electron chi connectivity index (χ1n) is 43.3. The van der Waals surface area contributed by atoms with Crippen molar-refractivity contribution in [1.29, 1.82) is 0 Å². The van der Waals surface area contributed by atoms with Crippen LogP contribution in [0.4, 0.5) is 0 Å². The summed E-state index contributed by atoms with van der Waals surface area (Å²) in [6.07, 6.45) is 63.8. The average Bonchev–Trinajstić information content (AvgIpc) is 0.954. The highest BCUT2D eigenvalue weighted by molar-refractivity contribution is 7.47. The summed E-state index contributed by atoms with van der Waals surface area (Å²) in [5, 5.41) is 10.7. The van der Waals surface area contributed by atoms with Gasteiger partial charge in [-0.2, -0.15) is 0 Å². The number of unbranched alkanes of at least 4 members (excludes halogenated alkanes) is 50. The van der Waals surface area contributed by atoms with Gasteiger partial charge in [-0.3, -0.25) is 37.3 Å².